The van der Waals surface area contributed by atoms with E-state index in [1.165, 1.54) is 25.3 Å². The number of aliphatic hydroxyl groups is 1. The number of aryl methyl sites for hydroxylation is 1. The van der Waals surface area contributed by atoms with Gasteiger partial charge in [0.25, 0.3) is 11.7 Å². The van der Waals surface area contributed by atoms with Gasteiger partial charge in [-0.05, 0) is 54.4 Å². The number of rotatable bonds is 4. The fraction of sp³-hybridized carbons (Fsp3) is 0.120. The van der Waals surface area contributed by atoms with Crippen LogP contribution in [-0.4, -0.2) is 29.0 Å². The van der Waals surface area contributed by atoms with Gasteiger partial charge in [0.15, 0.2) is 23.1 Å². The van der Waals surface area contributed by atoms with E-state index in [1.54, 1.807) is 25.1 Å². The minimum Gasteiger partial charge on any atom is -0.507 e. The molecule has 1 fully saturated rings. The summed E-state index contributed by atoms with van der Waals surface area (Å²) in [6.45, 7) is 1.79. The van der Waals surface area contributed by atoms with Crippen molar-refractivity contribution in [3.05, 3.63) is 93.0 Å². The molecule has 9 heteroatoms. The van der Waals surface area contributed by atoms with E-state index in [0.717, 1.165) is 33.1 Å². The number of ketones is 1. The van der Waals surface area contributed by atoms with Gasteiger partial charge in [-0.2, -0.15) is 0 Å². The van der Waals surface area contributed by atoms with E-state index in [-0.39, 0.29) is 33.9 Å². The predicted octanol–water partition coefficient (Wildman–Crippen LogP) is 5.38. The van der Waals surface area contributed by atoms with Gasteiger partial charge in [-0.15, -0.1) is 0 Å². The molecule has 0 bridgehead atoms. The zero-order valence-electron chi connectivity index (χ0n) is 18.0. The number of benzene rings is 3. The lowest BCUT2D eigenvalue weighted by Crippen LogP contribution is -2.29. The molecule has 1 aliphatic heterocycles. The van der Waals surface area contributed by atoms with Crippen molar-refractivity contribution in [3.8, 4) is 11.5 Å². The van der Waals surface area contributed by atoms with E-state index in [4.69, 9.17) is 4.74 Å². The molecule has 0 radical (unpaired) electrons. The van der Waals surface area contributed by atoms with Crippen LogP contribution in [0.15, 0.2) is 64.6 Å². The van der Waals surface area contributed by atoms with Gasteiger partial charge in [0.1, 0.15) is 5.76 Å². The first-order chi connectivity index (χ1) is 16.1. The van der Waals surface area contributed by atoms with Crippen LogP contribution in [0.5, 0.6) is 11.5 Å². The van der Waals surface area contributed by atoms with E-state index in [2.05, 4.69) is 15.9 Å². The highest BCUT2D eigenvalue weighted by Crippen LogP contribution is 2.44. The number of carbonyl (C=O) groups excluding carboxylic acids is 2. The van der Waals surface area contributed by atoms with Crippen LogP contribution in [0.4, 0.5) is 14.5 Å². The average molecular weight is 530 g/mol. The van der Waals surface area contributed by atoms with Crippen molar-refractivity contribution in [2.24, 2.45) is 0 Å². The lowest BCUT2D eigenvalue weighted by Gasteiger charge is -2.26. The van der Waals surface area contributed by atoms with Crippen LogP contribution in [-0.2, 0) is 9.59 Å². The normalized spacial score (nSPS) is 17.3. The Labute approximate surface area is 201 Å². The fourth-order valence-corrected chi connectivity index (χ4v) is 4.12. The third kappa shape index (κ3) is 3.92. The second-order valence-corrected chi connectivity index (χ2v) is 8.52. The number of hydrogen-bond donors (Lipinski definition) is 2. The van der Waals surface area contributed by atoms with Gasteiger partial charge in [0, 0.05) is 21.8 Å². The van der Waals surface area contributed by atoms with E-state index in [9.17, 15) is 28.6 Å². The predicted molar refractivity (Wildman–Crippen MR) is 125 cm³/mol. The third-order valence-corrected chi connectivity index (χ3v) is 6.47. The van der Waals surface area contributed by atoms with Crippen molar-refractivity contribution < 1.29 is 33.3 Å². The zero-order chi connectivity index (χ0) is 24.7. The number of phenols is 1. The highest BCUT2D eigenvalue weighted by molar-refractivity contribution is 9.10. The van der Waals surface area contributed by atoms with Crippen molar-refractivity contribution in [1.29, 1.82) is 0 Å². The Kier molecular flexibility index (Phi) is 6.14. The summed E-state index contributed by atoms with van der Waals surface area (Å²) in [5.74, 6) is -4.94. The Hall–Kier alpha value is -3.72. The smallest absolute Gasteiger partial charge is 0.300 e. The van der Waals surface area contributed by atoms with Crippen LogP contribution in [0.25, 0.3) is 5.76 Å². The third-order valence-electron chi connectivity index (χ3n) is 5.58. The number of anilines is 1. The van der Waals surface area contributed by atoms with Crippen molar-refractivity contribution in [2.45, 2.75) is 13.0 Å². The Balaban J connectivity index is 1.98. The molecule has 0 aromatic heterocycles. The Bertz CT molecular complexity index is 1370. The molecule has 3 aromatic carbocycles. The van der Waals surface area contributed by atoms with Gasteiger partial charge >= 0.3 is 0 Å². The number of phenolic OH excluding ortho intramolecular Hbond substituents is 1. The van der Waals surface area contributed by atoms with Crippen molar-refractivity contribution in [1.82, 2.24) is 0 Å². The average Bonchev–Trinajstić information content (AvgIpc) is 3.07. The van der Waals surface area contributed by atoms with E-state index >= 15 is 0 Å². The monoisotopic (exact) mass is 529 g/mol. The number of methoxy groups -OCH3 is 1. The van der Waals surface area contributed by atoms with Crippen molar-refractivity contribution in [2.75, 3.05) is 12.0 Å². The first kappa shape index (κ1) is 23.4. The van der Waals surface area contributed by atoms with E-state index in [0.29, 0.717) is 0 Å². The highest BCUT2D eigenvalue weighted by Gasteiger charge is 2.47. The number of nitrogens with zero attached hydrogens (tertiary/aromatic N) is 1. The molecule has 174 valence electrons. The van der Waals surface area contributed by atoms with E-state index in [1.807, 2.05) is 0 Å². The topological polar surface area (TPSA) is 87.1 Å². The molecule has 1 aliphatic rings. The van der Waals surface area contributed by atoms with E-state index < -0.39 is 35.1 Å². The molecule has 1 saturated heterocycles. The molecule has 0 aliphatic carbocycles. The number of amides is 1. The summed E-state index contributed by atoms with van der Waals surface area (Å²) in [6.07, 6.45) is 0. The summed E-state index contributed by atoms with van der Waals surface area (Å²) in [4.78, 5) is 27.2. The van der Waals surface area contributed by atoms with Gasteiger partial charge in [-0.25, -0.2) is 8.78 Å². The van der Waals surface area contributed by atoms with Gasteiger partial charge in [-0.3, -0.25) is 14.5 Å². The van der Waals surface area contributed by atoms with Crippen LogP contribution in [0.2, 0.25) is 0 Å². The van der Waals surface area contributed by atoms with Gasteiger partial charge in [-0.1, -0.05) is 28.1 Å². The molecule has 0 spiro atoms. The number of aromatic hydroxyl groups is 1. The molecular formula is C25H18BrF2NO5. The summed E-state index contributed by atoms with van der Waals surface area (Å²) in [5.41, 5.74) is 0.954. The minimum atomic E-state index is -1.23. The molecule has 34 heavy (non-hydrogen) atoms. The second-order valence-electron chi connectivity index (χ2n) is 7.66. The maximum Gasteiger partial charge on any atom is 0.300 e. The molecule has 1 heterocycles. The first-order valence-electron chi connectivity index (χ1n) is 10.0. The Morgan fingerprint density at radius 1 is 1.03 bits per heavy atom. The van der Waals surface area contributed by atoms with Gasteiger partial charge < -0.3 is 14.9 Å². The number of hydrogen-bond acceptors (Lipinski definition) is 5. The first-order valence-corrected chi connectivity index (χ1v) is 10.8. The molecule has 6 nitrogen and oxygen atoms in total. The molecule has 2 N–H and O–H groups in total. The number of ether oxygens (including phenoxy) is 1. The van der Waals surface area contributed by atoms with Crippen molar-refractivity contribution in [3.63, 3.8) is 0 Å². The SMILES string of the molecule is COc1ccc(C2/C(=C(\O)c3ccc(Br)c(C)c3)C(=O)C(=O)N2c2ccc(F)c(F)c2)cc1O. The van der Waals surface area contributed by atoms with Crippen LogP contribution >= 0.6 is 15.9 Å². The number of halogens is 3. The van der Waals surface area contributed by atoms with Gasteiger partial charge in [0.05, 0.1) is 18.7 Å². The Morgan fingerprint density at radius 3 is 2.38 bits per heavy atom. The lowest BCUT2D eigenvalue weighted by atomic mass is 9.94. The molecular weight excluding hydrogens is 512 g/mol. The molecule has 1 atom stereocenters. The Morgan fingerprint density at radius 2 is 1.76 bits per heavy atom. The number of carbonyl (C=O) groups is 2. The highest BCUT2D eigenvalue weighted by atomic mass is 79.9. The maximum absolute atomic E-state index is 14.0. The van der Waals surface area contributed by atoms with Crippen LogP contribution < -0.4 is 9.64 Å². The maximum atomic E-state index is 14.0. The lowest BCUT2D eigenvalue weighted by molar-refractivity contribution is -0.132. The van der Waals surface area contributed by atoms with Gasteiger partial charge in [0.2, 0.25) is 0 Å². The van der Waals surface area contributed by atoms with Crippen molar-refractivity contribution >= 4 is 39.1 Å². The van der Waals surface area contributed by atoms with Crippen LogP contribution in [0, 0.1) is 18.6 Å². The molecule has 1 amide bonds. The standard InChI is InChI=1S/C25H18BrF2NO5/c1-12-9-14(3-6-16(12)26)23(31)21-22(13-4-8-20(34-2)19(30)10-13)29(25(33)24(21)32)15-5-7-17(27)18(28)11-15/h3-11,22,30-31H,1-2H3/b23-21+. The number of aliphatic hydroxyl groups excluding tert-OH is 1. The summed E-state index contributed by atoms with van der Waals surface area (Å²) in [6, 6.07) is 10.7. The molecule has 4 rings (SSSR count). The minimum absolute atomic E-state index is 0.0904. The largest absolute Gasteiger partial charge is 0.507 e. The molecule has 1 unspecified atom stereocenters. The van der Waals surface area contributed by atoms with Crippen LogP contribution in [0.3, 0.4) is 0 Å². The summed E-state index contributed by atoms with van der Waals surface area (Å²) >= 11 is 3.37. The summed E-state index contributed by atoms with van der Waals surface area (Å²) in [5, 5.41) is 21.5. The zero-order valence-corrected chi connectivity index (χ0v) is 19.6. The summed E-state index contributed by atoms with van der Waals surface area (Å²) < 4.78 is 33.4. The second kappa shape index (κ2) is 8.90. The summed E-state index contributed by atoms with van der Waals surface area (Å²) in [7, 11) is 1.36. The molecule has 0 saturated carbocycles. The number of Topliss-reactive ketones (excluding diaryl/α,β-unsaturated/α-hetero) is 1. The quantitative estimate of drug-likeness (QED) is 0.269. The molecule has 3 aromatic rings. The van der Waals surface area contributed by atoms with Crippen LogP contribution in [0.1, 0.15) is 22.7 Å². The fourth-order valence-electron chi connectivity index (χ4n) is 3.87.